The largest absolute Gasteiger partial charge is 0.314 e. The molecule has 0 bridgehead atoms. The third kappa shape index (κ3) is 4.40. The van der Waals surface area contributed by atoms with Gasteiger partial charge in [0, 0.05) is 17.3 Å². The van der Waals surface area contributed by atoms with Gasteiger partial charge in [0.25, 0.3) is 0 Å². The summed E-state index contributed by atoms with van der Waals surface area (Å²) in [4.78, 5) is 6.00. The number of hydrogen-bond donors (Lipinski definition) is 1. The molecule has 0 spiro atoms. The highest BCUT2D eigenvalue weighted by atomic mass is 32.1. The van der Waals surface area contributed by atoms with Crippen LogP contribution in [0.2, 0.25) is 0 Å². The van der Waals surface area contributed by atoms with Crippen LogP contribution in [-0.4, -0.2) is 17.6 Å². The average molecular weight is 254 g/mol. The van der Waals surface area contributed by atoms with Crippen molar-refractivity contribution in [3.8, 4) is 0 Å². The number of aryl methyl sites for hydroxylation is 2. The van der Waals surface area contributed by atoms with Crippen LogP contribution in [0.5, 0.6) is 0 Å². The molecule has 2 unspecified atom stereocenters. The molecule has 0 fully saturated rings. The highest BCUT2D eigenvalue weighted by molar-refractivity contribution is 7.11. The van der Waals surface area contributed by atoms with Crippen LogP contribution in [-0.2, 0) is 6.42 Å². The molecule has 0 saturated carbocycles. The van der Waals surface area contributed by atoms with E-state index in [4.69, 9.17) is 0 Å². The number of hydrogen-bond acceptors (Lipinski definition) is 3. The summed E-state index contributed by atoms with van der Waals surface area (Å²) in [6.45, 7) is 12.2. The van der Waals surface area contributed by atoms with E-state index in [1.54, 1.807) is 0 Å². The van der Waals surface area contributed by atoms with Crippen molar-refractivity contribution in [1.82, 2.24) is 10.3 Å². The fraction of sp³-hybridized carbons (Fsp3) is 0.786. The summed E-state index contributed by atoms with van der Waals surface area (Å²) >= 11 is 1.86. The second-order valence-electron chi connectivity index (χ2n) is 4.90. The minimum Gasteiger partial charge on any atom is -0.314 e. The maximum absolute atomic E-state index is 4.64. The van der Waals surface area contributed by atoms with Crippen LogP contribution < -0.4 is 5.32 Å². The van der Waals surface area contributed by atoms with Gasteiger partial charge in [-0.15, -0.1) is 11.3 Å². The van der Waals surface area contributed by atoms with Crippen molar-refractivity contribution in [1.29, 1.82) is 0 Å². The fourth-order valence-electron chi connectivity index (χ4n) is 2.12. The monoisotopic (exact) mass is 254 g/mol. The Hall–Kier alpha value is -0.410. The van der Waals surface area contributed by atoms with Gasteiger partial charge >= 0.3 is 0 Å². The van der Waals surface area contributed by atoms with E-state index in [0.717, 1.165) is 13.0 Å². The lowest BCUT2D eigenvalue weighted by atomic mass is 9.96. The standard InChI is InChI=1S/C14H26N2S/c1-6-8-15-13(7-2)10(3)9-14-16-11(4)12(5)17-14/h10,13,15H,6-9H2,1-5H3. The van der Waals surface area contributed by atoms with E-state index in [-0.39, 0.29) is 0 Å². The van der Waals surface area contributed by atoms with Crippen molar-refractivity contribution in [2.24, 2.45) is 5.92 Å². The molecule has 0 aliphatic rings. The molecule has 0 amide bonds. The maximum Gasteiger partial charge on any atom is 0.0934 e. The van der Waals surface area contributed by atoms with E-state index in [1.165, 1.54) is 28.4 Å². The molecule has 1 N–H and O–H groups in total. The van der Waals surface area contributed by atoms with Crippen LogP contribution in [0.1, 0.15) is 49.2 Å². The second kappa shape index (κ2) is 7.12. The number of aromatic nitrogens is 1. The first-order valence-corrected chi connectivity index (χ1v) is 7.56. The Balaban J connectivity index is 2.54. The highest BCUT2D eigenvalue weighted by Crippen LogP contribution is 2.21. The third-order valence-electron chi connectivity index (χ3n) is 3.35. The van der Waals surface area contributed by atoms with E-state index in [0.29, 0.717) is 12.0 Å². The first-order chi connectivity index (χ1) is 8.08. The predicted octanol–water partition coefficient (Wildman–Crippen LogP) is 3.72. The van der Waals surface area contributed by atoms with Gasteiger partial charge in [0.1, 0.15) is 0 Å². The number of thiazole rings is 1. The van der Waals surface area contributed by atoms with Crippen molar-refractivity contribution in [2.75, 3.05) is 6.54 Å². The lowest BCUT2D eigenvalue weighted by Crippen LogP contribution is -2.35. The summed E-state index contributed by atoms with van der Waals surface area (Å²) < 4.78 is 0. The number of rotatable bonds is 7. The number of nitrogens with zero attached hydrogens (tertiary/aromatic N) is 1. The Morgan fingerprint density at radius 2 is 2.00 bits per heavy atom. The molecule has 0 aliphatic heterocycles. The molecule has 0 aromatic carbocycles. The summed E-state index contributed by atoms with van der Waals surface area (Å²) in [5, 5.41) is 4.93. The topological polar surface area (TPSA) is 24.9 Å². The van der Waals surface area contributed by atoms with E-state index in [1.807, 2.05) is 11.3 Å². The maximum atomic E-state index is 4.64. The Morgan fingerprint density at radius 1 is 1.29 bits per heavy atom. The van der Waals surface area contributed by atoms with Gasteiger partial charge in [-0.25, -0.2) is 4.98 Å². The molecular formula is C14H26N2S. The molecule has 3 heteroatoms. The summed E-state index contributed by atoms with van der Waals surface area (Å²) in [5.74, 6) is 0.663. The van der Waals surface area contributed by atoms with Crippen LogP contribution in [0.25, 0.3) is 0 Å². The quantitative estimate of drug-likeness (QED) is 0.802. The Kier molecular flexibility index (Phi) is 6.14. The number of nitrogens with one attached hydrogen (secondary N) is 1. The molecular weight excluding hydrogens is 228 g/mol. The van der Waals surface area contributed by atoms with E-state index >= 15 is 0 Å². The molecule has 2 atom stereocenters. The average Bonchev–Trinajstić information content (AvgIpc) is 2.59. The van der Waals surface area contributed by atoms with Gasteiger partial charge in [-0.3, -0.25) is 0 Å². The van der Waals surface area contributed by atoms with E-state index < -0.39 is 0 Å². The van der Waals surface area contributed by atoms with Gasteiger partial charge in [-0.05, 0) is 39.2 Å². The molecule has 17 heavy (non-hydrogen) atoms. The lowest BCUT2D eigenvalue weighted by Gasteiger charge is -2.23. The Labute approximate surface area is 110 Å². The van der Waals surface area contributed by atoms with Crippen molar-refractivity contribution in [2.45, 2.75) is 59.9 Å². The van der Waals surface area contributed by atoms with Crippen molar-refractivity contribution >= 4 is 11.3 Å². The first-order valence-electron chi connectivity index (χ1n) is 6.74. The normalized spacial score (nSPS) is 14.9. The molecule has 1 aromatic heterocycles. The van der Waals surface area contributed by atoms with Crippen molar-refractivity contribution < 1.29 is 0 Å². The molecule has 0 radical (unpaired) electrons. The van der Waals surface area contributed by atoms with E-state index in [2.05, 4.69) is 44.9 Å². The minimum atomic E-state index is 0.625. The zero-order valence-corrected chi connectivity index (χ0v) is 12.7. The molecule has 1 aromatic rings. The molecule has 0 saturated heterocycles. The molecule has 1 heterocycles. The summed E-state index contributed by atoms with van der Waals surface area (Å²) in [5.41, 5.74) is 1.20. The zero-order chi connectivity index (χ0) is 12.8. The van der Waals surface area contributed by atoms with Crippen LogP contribution in [0.3, 0.4) is 0 Å². The Morgan fingerprint density at radius 3 is 2.47 bits per heavy atom. The Bertz CT molecular complexity index is 313. The third-order valence-corrected chi connectivity index (χ3v) is 4.45. The second-order valence-corrected chi connectivity index (χ2v) is 6.19. The predicted molar refractivity (Wildman–Crippen MR) is 76.8 cm³/mol. The van der Waals surface area contributed by atoms with Gasteiger partial charge < -0.3 is 5.32 Å². The summed E-state index contributed by atoms with van der Waals surface area (Å²) in [6.07, 6.45) is 3.51. The molecule has 98 valence electrons. The van der Waals surface area contributed by atoms with Gasteiger partial charge in [-0.1, -0.05) is 20.8 Å². The van der Waals surface area contributed by atoms with Crippen molar-refractivity contribution in [3.63, 3.8) is 0 Å². The van der Waals surface area contributed by atoms with Gasteiger partial charge in [-0.2, -0.15) is 0 Å². The SMILES string of the molecule is CCCNC(CC)C(C)Cc1nc(C)c(C)s1. The van der Waals surface area contributed by atoms with Crippen LogP contribution in [0.4, 0.5) is 0 Å². The van der Waals surface area contributed by atoms with Gasteiger partial charge in [0.05, 0.1) is 10.7 Å². The molecule has 0 aliphatic carbocycles. The fourth-order valence-corrected chi connectivity index (χ4v) is 3.20. The lowest BCUT2D eigenvalue weighted by molar-refractivity contribution is 0.364. The smallest absolute Gasteiger partial charge is 0.0934 e. The van der Waals surface area contributed by atoms with Crippen LogP contribution >= 0.6 is 11.3 Å². The highest BCUT2D eigenvalue weighted by Gasteiger charge is 2.17. The zero-order valence-electron chi connectivity index (χ0n) is 11.8. The van der Waals surface area contributed by atoms with Crippen LogP contribution in [0.15, 0.2) is 0 Å². The first kappa shape index (κ1) is 14.7. The van der Waals surface area contributed by atoms with E-state index in [9.17, 15) is 0 Å². The van der Waals surface area contributed by atoms with Gasteiger partial charge in [0.2, 0.25) is 0 Å². The minimum absolute atomic E-state index is 0.625. The van der Waals surface area contributed by atoms with Crippen LogP contribution in [0, 0.1) is 19.8 Å². The summed E-state index contributed by atoms with van der Waals surface area (Å²) in [6, 6.07) is 0.625. The summed E-state index contributed by atoms with van der Waals surface area (Å²) in [7, 11) is 0. The molecule has 2 nitrogen and oxygen atoms in total. The van der Waals surface area contributed by atoms with Crippen molar-refractivity contribution in [3.05, 3.63) is 15.6 Å². The van der Waals surface area contributed by atoms with Gasteiger partial charge in [0.15, 0.2) is 0 Å². The molecule has 1 rings (SSSR count).